The Hall–Kier alpha value is -1.72. The average molecular weight is 350 g/mol. The van der Waals surface area contributed by atoms with Crippen molar-refractivity contribution >= 4 is 21.8 Å². The third kappa shape index (κ3) is 2.71. The summed E-state index contributed by atoms with van der Waals surface area (Å²) in [6.45, 7) is 0. The summed E-state index contributed by atoms with van der Waals surface area (Å²) >= 11 is 3.05. The van der Waals surface area contributed by atoms with Gasteiger partial charge in [-0.1, -0.05) is 24.3 Å². The molecule has 0 saturated heterocycles. The number of carbonyl (C=O) groups is 1. The third-order valence-corrected chi connectivity index (χ3v) is 4.32. The van der Waals surface area contributed by atoms with Gasteiger partial charge in [0.2, 0.25) is 0 Å². The van der Waals surface area contributed by atoms with Gasteiger partial charge in [-0.2, -0.15) is 0 Å². The molecular formula is C16H13BrFNO2. The topological polar surface area (TPSA) is 49.3 Å². The number of fused-ring (bicyclic) bond motifs is 1. The fourth-order valence-electron chi connectivity index (χ4n) is 2.61. The SMILES string of the molecule is O=C(NC1c2ccccc2CC1O)c1ccc(Br)c(F)c1. The summed E-state index contributed by atoms with van der Waals surface area (Å²) in [6, 6.07) is 11.3. The normalized spacial score (nSPS) is 20.1. The fraction of sp³-hybridized carbons (Fsp3) is 0.188. The molecule has 0 aromatic heterocycles. The molecular weight excluding hydrogens is 337 g/mol. The summed E-state index contributed by atoms with van der Waals surface area (Å²) in [7, 11) is 0. The van der Waals surface area contributed by atoms with E-state index in [1.54, 1.807) is 0 Å². The Morgan fingerprint density at radius 3 is 2.81 bits per heavy atom. The van der Waals surface area contributed by atoms with Crippen molar-refractivity contribution in [2.24, 2.45) is 0 Å². The van der Waals surface area contributed by atoms with E-state index in [1.807, 2.05) is 24.3 Å². The van der Waals surface area contributed by atoms with Crippen molar-refractivity contribution in [3.05, 3.63) is 69.4 Å². The first-order chi connectivity index (χ1) is 10.1. The molecule has 1 aliphatic carbocycles. The standard InChI is InChI=1S/C16H13BrFNO2/c17-12-6-5-10(7-13(12)18)16(21)19-15-11-4-2-1-3-9(11)8-14(15)20/h1-7,14-15,20H,8H2,(H,19,21). The summed E-state index contributed by atoms with van der Waals surface area (Å²) in [5.74, 6) is -0.892. The van der Waals surface area contributed by atoms with E-state index in [0.717, 1.165) is 11.1 Å². The number of halogens is 2. The highest BCUT2D eigenvalue weighted by Gasteiger charge is 2.32. The zero-order valence-electron chi connectivity index (χ0n) is 11.0. The zero-order chi connectivity index (χ0) is 15.0. The van der Waals surface area contributed by atoms with Gasteiger partial charge >= 0.3 is 0 Å². The van der Waals surface area contributed by atoms with E-state index in [-0.39, 0.29) is 5.56 Å². The third-order valence-electron chi connectivity index (χ3n) is 3.67. The lowest BCUT2D eigenvalue weighted by atomic mass is 10.1. The largest absolute Gasteiger partial charge is 0.390 e. The first-order valence-electron chi connectivity index (χ1n) is 6.58. The van der Waals surface area contributed by atoms with Crippen LogP contribution in [0, 0.1) is 5.82 Å². The highest BCUT2D eigenvalue weighted by atomic mass is 79.9. The lowest BCUT2D eigenvalue weighted by Crippen LogP contribution is -2.33. The van der Waals surface area contributed by atoms with Crippen molar-refractivity contribution in [2.45, 2.75) is 18.6 Å². The molecule has 1 amide bonds. The number of aliphatic hydroxyl groups excluding tert-OH is 1. The maximum Gasteiger partial charge on any atom is 0.251 e. The fourth-order valence-corrected chi connectivity index (χ4v) is 2.86. The van der Waals surface area contributed by atoms with Crippen LogP contribution in [0.15, 0.2) is 46.9 Å². The molecule has 108 valence electrons. The average Bonchev–Trinajstić information content (AvgIpc) is 2.78. The number of hydrogen-bond donors (Lipinski definition) is 2. The summed E-state index contributed by atoms with van der Waals surface area (Å²) < 4.78 is 13.8. The predicted molar refractivity (Wildman–Crippen MR) is 80.5 cm³/mol. The number of benzene rings is 2. The van der Waals surface area contributed by atoms with Gasteiger partial charge in [-0.25, -0.2) is 4.39 Å². The van der Waals surface area contributed by atoms with Crippen LogP contribution in [0.3, 0.4) is 0 Å². The van der Waals surface area contributed by atoms with Gasteiger partial charge in [0.05, 0.1) is 16.6 Å². The van der Waals surface area contributed by atoms with Gasteiger partial charge in [-0.15, -0.1) is 0 Å². The van der Waals surface area contributed by atoms with Crippen LogP contribution < -0.4 is 5.32 Å². The minimum Gasteiger partial charge on any atom is -0.390 e. The minimum absolute atomic E-state index is 0.229. The molecule has 2 atom stereocenters. The van der Waals surface area contributed by atoms with Crippen molar-refractivity contribution in [1.29, 1.82) is 0 Å². The number of nitrogens with one attached hydrogen (secondary N) is 1. The Bertz CT molecular complexity index is 704. The second-order valence-corrected chi connectivity index (χ2v) is 5.90. The molecule has 5 heteroatoms. The van der Waals surface area contributed by atoms with E-state index in [1.165, 1.54) is 18.2 Å². The number of hydrogen-bond acceptors (Lipinski definition) is 2. The Morgan fingerprint density at radius 2 is 2.05 bits per heavy atom. The smallest absolute Gasteiger partial charge is 0.251 e. The van der Waals surface area contributed by atoms with Crippen LogP contribution in [0.4, 0.5) is 4.39 Å². The van der Waals surface area contributed by atoms with E-state index in [9.17, 15) is 14.3 Å². The second kappa shape index (κ2) is 5.58. The van der Waals surface area contributed by atoms with Gasteiger partial charge in [0.15, 0.2) is 0 Å². The van der Waals surface area contributed by atoms with E-state index in [0.29, 0.717) is 10.9 Å². The van der Waals surface area contributed by atoms with Crippen molar-refractivity contribution in [1.82, 2.24) is 5.32 Å². The Morgan fingerprint density at radius 1 is 1.29 bits per heavy atom. The van der Waals surface area contributed by atoms with Gasteiger partial charge in [-0.05, 0) is 45.3 Å². The van der Waals surface area contributed by atoms with E-state index >= 15 is 0 Å². The first-order valence-corrected chi connectivity index (χ1v) is 7.37. The molecule has 2 N–H and O–H groups in total. The van der Waals surface area contributed by atoms with Crippen LogP contribution >= 0.6 is 15.9 Å². The summed E-state index contributed by atoms with van der Waals surface area (Å²) in [5.41, 5.74) is 2.17. The van der Waals surface area contributed by atoms with E-state index in [4.69, 9.17) is 0 Å². The van der Waals surface area contributed by atoms with Crippen molar-refractivity contribution in [3.63, 3.8) is 0 Å². The lowest BCUT2D eigenvalue weighted by molar-refractivity contribution is 0.0858. The predicted octanol–water partition coefficient (Wildman–Crippen LogP) is 2.98. The minimum atomic E-state index is -0.661. The van der Waals surface area contributed by atoms with Crippen LogP contribution in [-0.4, -0.2) is 17.1 Å². The van der Waals surface area contributed by atoms with Gasteiger partial charge in [-0.3, -0.25) is 4.79 Å². The molecule has 0 fully saturated rings. The summed E-state index contributed by atoms with van der Waals surface area (Å²) in [4.78, 5) is 12.2. The van der Waals surface area contributed by atoms with Crippen molar-refractivity contribution in [2.75, 3.05) is 0 Å². The van der Waals surface area contributed by atoms with E-state index < -0.39 is 23.9 Å². The molecule has 21 heavy (non-hydrogen) atoms. The highest BCUT2D eigenvalue weighted by molar-refractivity contribution is 9.10. The van der Waals surface area contributed by atoms with Gasteiger partial charge in [0, 0.05) is 12.0 Å². The van der Waals surface area contributed by atoms with Crippen molar-refractivity contribution in [3.8, 4) is 0 Å². The van der Waals surface area contributed by atoms with Crippen LogP contribution in [0.2, 0.25) is 0 Å². The van der Waals surface area contributed by atoms with Crippen molar-refractivity contribution < 1.29 is 14.3 Å². The van der Waals surface area contributed by atoms with Crippen LogP contribution in [-0.2, 0) is 6.42 Å². The van der Waals surface area contributed by atoms with Gasteiger partial charge < -0.3 is 10.4 Å². The molecule has 0 saturated carbocycles. The molecule has 0 heterocycles. The molecule has 0 radical (unpaired) electrons. The summed E-state index contributed by atoms with van der Waals surface area (Å²) in [6.07, 6.45) is -0.151. The van der Waals surface area contributed by atoms with Crippen LogP contribution in [0.1, 0.15) is 27.5 Å². The van der Waals surface area contributed by atoms with Gasteiger partial charge in [0.25, 0.3) is 5.91 Å². The Labute approximate surface area is 129 Å². The summed E-state index contributed by atoms with van der Waals surface area (Å²) in [5, 5.41) is 12.9. The molecule has 0 bridgehead atoms. The van der Waals surface area contributed by atoms with E-state index in [2.05, 4.69) is 21.2 Å². The Balaban J connectivity index is 1.83. The maximum atomic E-state index is 13.5. The second-order valence-electron chi connectivity index (χ2n) is 5.05. The van der Waals surface area contributed by atoms with Crippen LogP contribution in [0.25, 0.3) is 0 Å². The monoisotopic (exact) mass is 349 g/mol. The molecule has 2 aromatic carbocycles. The molecule has 2 aromatic rings. The number of carbonyl (C=O) groups excluding carboxylic acids is 1. The molecule has 3 rings (SSSR count). The molecule has 0 spiro atoms. The lowest BCUT2D eigenvalue weighted by Gasteiger charge is -2.18. The first kappa shape index (κ1) is 14.2. The number of aliphatic hydroxyl groups is 1. The Kier molecular flexibility index (Phi) is 3.78. The molecule has 1 aliphatic rings. The number of rotatable bonds is 2. The quantitative estimate of drug-likeness (QED) is 0.875. The zero-order valence-corrected chi connectivity index (χ0v) is 12.6. The molecule has 3 nitrogen and oxygen atoms in total. The molecule has 0 aliphatic heterocycles. The maximum absolute atomic E-state index is 13.5. The highest BCUT2D eigenvalue weighted by Crippen LogP contribution is 2.31. The number of amides is 1. The van der Waals surface area contributed by atoms with Crippen LogP contribution in [0.5, 0.6) is 0 Å². The molecule has 2 unspecified atom stereocenters. The van der Waals surface area contributed by atoms with Gasteiger partial charge in [0.1, 0.15) is 5.82 Å².